The molecule has 1 aliphatic heterocycles. The molecule has 1 saturated heterocycles. The first kappa shape index (κ1) is 14.8. The highest BCUT2D eigenvalue weighted by Gasteiger charge is 2.25. The zero-order valence-electron chi connectivity index (χ0n) is 10.8. The molecule has 1 aliphatic rings. The van der Waals surface area contributed by atoms with Crippen molar-refractivity contribution in [1.82, 2.24) is 4.31 Å². The van der Waals surface area contributed by atoms with Crippen LogP contribution in [0.25, 0.3) is 0 Å². The quantitative estimate of drug-likeness (QED) is 0.815. The van der Waals surface area contributed by atoms with Crippen molar-refractivity contribution in [3.8, 4) is 11.8 Å². The number of anilines is 1. The molecule has 2 rings (SSSR count). The smallest absolute Gasteiger partial charge is 0.301 e. The monoisotopic (exact) mass is 298 g/mol. The van der Waals surface area contributed by atoms with Crippen LogP contribution in [-0.4, -0.2) is 37.5 Å². The van der Waals surface area contributed by atoms with E-state index in [4.69, 9.17) is 5.11 Å². The molecule has 1 heterocycles. The van der Waals surface area contributed by atoms with Crippen LogP contribution in [0.1, 0.15) is 18.4 Å². The molecular formula is C13H15FN2O3S. The van der Waals surface area contributed by atoms with Crippen LogP contribution >= 0.6 is 0 Å². The molecular weight excluding hydrogens is 283 g/mol. The fraction of sp³-hybridized carbons (Fsp3) is 0.385. The van der Waals surface area contributed by atoms with E-state index in [-0.39, 0.29) is 12.3 Å². The minimum absolute atomic E-state index is 0.105. The third-order valence-corrected chi connectivity index (χ3v) is 4.45. The fourth-order valence-electron chi connectivity index (χ4n) is 1.95. The molecule has 7 heteroatoms. The molecule has 20 heavy (non-hydrogen) atoms. The van der Waals surface area contributed by atoms with E-state index >= 15 is 0 Å². The van der Waals surface area contributed by atoms with Gasteiger partial charge in [-0.25, -0.2) is 4.39 Å². The minimum atomic E-state index is -3.70. The topological polar surface area (TPSA) is 69.6 Å². The number of benzene rings is 1. The Kier molecular flexibility index (Phi) is 4.60. The highest BCUT2D eigenvalue weighted by Crippen LogP contribution is 2.20. The Labute approximate surface area is 117 Å². The van der Waals surface area contributed by atoms with Gasteiger partial charge < -0.3 is 5.11 Å². The van der Waals surface area contributed by atoms with Crippen molar-refractivity contribution >= 4 is 15.9 Å². The molecule has 1 fully saturated rings. The van der Waals surface area contributed by atoms with Crippen molar-refractivity contribution in [3.05, 3.63) is 29.6 Å². The maximum atomic E-state index is 13.8. The average molecular weight is 298 g/mol. The zero-order valence-corrected chi connectivity index (χ0v) is 11.6. The van der Waals surface area contributed by atoms with E-state index in [2.05, 4.69) is 16.6 Å². The second-order valence-electron chi connectivity index (χ2n) is 4.37. The number of rotatable bonds is 3. The van der Waals surface area contributed by atoms with Crippen LogP contribution in [0.15, 0.2) is 18.2 Å². The van der Waals surface area contributed by atoms with Crippen LogP contribution in [0.4, 0.5) is 10.1 Å². The van der Waals surface area contributed by atoms with Gasteiger partial charge in [0.25, 0.3) is 0 Å². The lowest BCUT2D eigenvalue weighted by molar-refractivity contribution is 0.350. The van der Waals surface area contributed by atoms with E-state index in [9.17, 15) is 12.8 Å². The van der Waals surface area contributed by atoms with Crippen molar-refractivity contribution < 1.29 is 17.9 Å². The fourth-order valence-corrected chi connectivity index (χ4v) is 3.26. The summed E-state index contributed by atoms with van der Waals surface area (Å²) < 4.78 is 41.4. The number of aliphatic hydroxyl groups is 1. The van der Waals surface area contributed by atoms with Crippen molar-refractivity contribution in [2.24, 2.45) is 0 Å². The van der Waals surface area contributed by atoms with E-state index in [0.29, 0.717) is 18.7 Å². The molecule has 1 aromatic rings. The van der Waals surface area contributed by atoms with Gasteiger partial charge in [-0.1, -0.05) is 11.8 Å². The van der Waals surface area contributed by atoms with E-state index in [1.54, 1.807) is 0 Å². The van der Waals surface area contributed by atoms with Gasteiger partial charge in [0.05, 0.1) is 5.69 Å². The van der Waals surface area contributed by atoms with Gasteiger partial charge in [-0.2, -0.15) is 12.7 Å². The molecule has 108 valence electrons. The summed E-state index contributed by atoms with van der Waals surface area (Å²) in [6, 6.07) is 3.95. The van der Waals surface area contributed by atoms with Gasteiger partial charge in [0, 0.05) is 18.7 Å². The van der Waals surface area contributed by atoms with Crippen LogP contribution in [0.5, 0.6) is 0 Å². The van der Waals surface area contributed by atoms with Crippen molar-refractivity contribution in [1.29, 1.82) is 0 Å². The van der Waals surface area contributed by atoms with E-state index in [0.717, 1.165) is 18.9 Å². The Morgan fingerprint density at radius 3 is 2.65 bits per heavy atom. The highest BCUT2D eigenvalue weighted by molar-refractivity contribution is 7.90. The molecule has 0 aliphatic carbocycles. The molecule has 0 amide bonds. The summed E-state index contributed by atoms with van der Waals surface area (Å²) in [7, 11) is -3.70. The van der Waals surface area contributed by atoms with Crippen molar-refractivity contribution in [3.63, 3.8) is 0 Å². The van der Waals surface area contributed by atoms with Crippen LogP contribution in [0.3, 0.4) is 0 Å². The van der Waals surface area contributed by atoms with Gasteiger partial charge in [0.1, 0.15) is 12.4 Å². The summed E-state index contributed by atoms with van der Waals surface area (Å²) in [6.07, 6.45) is 1.64. The Bertz CT molecular complexity index is 643. The van der Waals surface area contributed by atoms with Gasteiger partial charge in [0.15, 0.2) is 0 Å². The number of nitrogens with zero attached hydrogens (tertiary/aromatic N) is 1. The third-order valence-electron chi connectivity index (χ3n) is 2.92. The number of aliphatic hydroxyl groups excluding tert-OH is 1. The van der Waals surface area contributed by atoms with Crippen molar-refractivity contribution in [2.45, 2.75) is 12.8 Å². The van der Waals surface area contributed by atoms with Crippen molar-refractivity contribution in [2.75, 3.05) is 24.4 Å². The molecule has 2 N–H and O–H groups in total. The molecule has 0 aromatic heterocycles. The molecule has 0 bridgehead atoms. The van der Waals surface area contributed by atoms with Crippen LogP contribution in [0, 0.1) is 17.7 Å². The average Bonchev–Trinajstić information content (AvgIpc) is 2.94. The number of hydrogen-bond acceptors (Lipinski definition) is 3. The summed E-state index contributed by atoms with van der Waals surface area (Å²) in [6.45, 7) is 0.596. The van der Waals surface area contributed by atoms with Crippen LogP contribution < -0.4 is 4.72 Å². The molecule has 0 spiro atoms. The van der Waals surface area contributed by atoms with E-state index in [1.807, 2.05) is 0 Å². The Balaban J connectivity index is 2.17. The predicted octanol–water partition coefficient (Wildman–Crippen LogP) is 0.922. The maximum Gasteiger partial charge on any atom is 0.301 e. The molecule has 5 nitrogen and oxygen atoms in total. The molecule has 0 radical (unpaired) electrons. The third kappa shape index (κ3) is 3.48. The lowest BCUT2D eigenvalue weighted by Gasteiger charge is -2.17. The normalized spacial score (nSPS) is 15.7. The lowest BCUT2D eigenvalue weighted by atomic mass is 10.2. The first-order valence-electron chi connectivity index (χ1n) is 6.20. The Morgan fingerprint density at radius 2 is 2.05 bits per heavy atom. The van der Waals surface area contributed by atoms with Gasteiger partial charge in [-0.05, 0) is 31.0 Å². The van der Waals surface area contributed by atoms with Gasteiger partial charge >= 0.3 is 10.2 Å². The maximum absolute atomic E-state index is 13.8. The van der Waals surface area contributed by atoms with Gasteiger partial charge in [-0.15, -0.1) is 0 Å². The van der Waals surface area contributed by atoms with Gasteiger partial charge in [0.2, 0.25) is 0 Å². The molecule has 1 aromatic carbocycles. The summed E-state index contributed by atoms with van der Waals surface area (Å²) in [4.78, 5) is 0. The summed E-state index contributed by atoms with van der Waals surface area (Å²) in [5.74, 6) is 4.25. The first-order valence-corrected chi connectivity index (χ1v) is 7.64. The second kappa shape index (κ2) is 6.22. The molecule has 0 unspecified atom stereocenters. The summed E-state index contributed by atoms with van der Waals surface area (Å²) >= 11 is 0. The SMILES string of the molecule is O=S(=O)(Nc1ccc(C#CCO)cc1F)N1CCCC1. The summed E-state index contributed by atoms with van der Waals surface area (Å²) in [5.41, 5.74) is 0.270. The number of nitrogens with one attached hydrogen (secondary N) is 1. The van der Waals surface area contributed by atoms with Crippen LogP contribution in [-0.2, 0) is 10.2 Å². The largest absolute Gasteiger partial charge is 0.384 e. The van der Waals surface area contributed by atoms with E-state index < -0.39 is 16.0 Å². The van der Waals surface area contributed by atoms with Crippen LogP contribution in [0.2, 0.25) is 0 Å². The molecule has 0 saturated carbocycles. The zero-order chi connectivity index (χ0) is 14.6. The molecule has 0 atom stereocenters. The highest BCUT2D eigenvalue weighted by atomic mass is 32.2. The lowest BCUT2D eigenvalue weighted by Crippen LogP contribution is -2.33. The van der Waals surface area contributed by atoms with Gasteiger partial charge in [-0.3, -0.25) is 4.72 Å². The standard InChI is InChI=1S/C13H15FN2O3S/c14-12-10-11(4-3-9-17)5-6-13(12)15-20(18,19)16-7-1-2-8-16/h5-6,10,15,17H,1-2,7-9H2. The minimum Gasteiger partial charge on any atom is -0.384 e. The number of halogens is 1. The Morgan fingerprint density at radius 1 is 1.35 bits per heavy atom. The predicted molar refractivity (Wildman–Crippen MR) is 73.7 cm³/mol. The van der Waals surface area contributed by atoms with E-state index in [1.165, 1.54) is 16.4 Å². The number of hydrogen-bond donors (Lipinski definition) is 2. The first-order chi connectivity index (χ1) is 9.53. The summed E-state index contributed by atoms with van der Waals surface area (Å²) in [5, 5.41) is 8.56. The second-order valence-corrected chi connectivity index (χ2v) is 6.04. The Hall–Kier alpha value is -1.62.